The fraction of sp³-hybridized carbons (Fsp3) is 0.357. The number of carbonyl (C=O) groups is 1. The van der Waals surface area contributed by atoms with Gasteiger partial charge in [0.2, 0.25) is 5.91 Å². The first-order chi connectivity index (χ1) is 9.69. The maximum Gasteiger partial charge on any atom is 0.236 e. The third-order valence-electron chi connectivity index (χ3n) is 2.65. The maximum absolute atomic E-state index is 11.0. The van der Waals surface area contributed by atoms with E-state index in [1.165, 1.54) is 11.8 Å². The Hall–Kier alpha value is -1.82. The molecule has 1 aliphatic heterocycles. The molecular formula is C14H17N3O2S. The van der Waals surface area contributed by atoms with Crippen molar-refractivity contribution in [3.05, 3.63) is 29.3 Å². The van der Waals surface area contributed by atoms with Crippen LogP contribution in [0.15, 0.2) is 28.4 Å². The molecule has 1 aromatic carbocycles. The molecule has 1 amide bonds. The summed E-state index contributed by atoms with van der Waals surface area (Å²) in [5.41, 5.74) is 2.05. The molecule has 1 aliphatic rings. The SMILES string of the molecule is CCCOc1ccc(C=NN=C2NC(=O)CS2)c(C)c1. The molecule has 0 spiro atoms. The highest BCUT2D eigenvalue weighted by molar-refractivity contribution is 8.15. The van der Waals surface area contributed by atoms with Crippen molar-refractivity contribution in [1.82, 2.24) is 5.32 Å². The van der Waals surface area contributed by atoms with Gasteiger partial charge in [-0.25, -0.2) is 0 Å². The van der Waals surface area contributed by atoms with Crippen molar-refractivity contribution in [3.8, 4) is 5.75 Å². The van der Waals surface area contributed by atoms with Gasteiger partial charge in [0, 0.05) is 0 Å². The van der Waals surface area contributed by atoms with Crippen LogP contribution < -0.4 is 10.1 Å². The van der Waals surface area contributed by atoms with E-state index in [2.05, 4.69) is 22.4 Å². The highest BCUT2D eigenvalue weighted by Gasteiger charge is 2.15. The first kappa shape index (κ1) is 14.6. The Morgan fingerprint density at radius 1 is 1.50 bits per heavy atom. The van der Waals surface area contributed by atoms with Crippen molar-refractivity contribution in [2.24, 2.45) is 10.2 Å². The average molecular weight is 291 g/mol. The Morgan fingerprint density at radius 3 is 3.00 bits per heavy atom. The van der Waals surface area contributed by atoms with Crippen LogP contribution in [0.5, 0.6) is 5.75 Å². The van der Waals surface area contributed by atoms with Gasteiger partial charge in [-0.1, -0.05) is 18.7 Å². The van der Waals surface area contributed by atoms with E-state index < -0.39 is 0 Å². The lowest BCUT2D eigenvalue weighted by Crippen LogP contribution is -2.19. The number of rotatable bonds is 5. The summed E-state index contributed by atoms with van der Waals surface area (Å²) >= 11 is 1.36. The number of nitrogens with one attached hydrogen (secondary N) is 1. The van der Waals surface area contributed by atoms with Crippen LogP contribution in [0.2, 0.25) is 0 Å². The van der Waals surface area contributed by atoms with E-state index in [1.54, 1.807) is 6.21 Å². The zero-order chi connectivity index (χ0) is 14.4. The summed E-state index contributed by atoms with van der Waals surface area (Å²) in [7, 11) is 0. The molecule has 2 rings (SSSR count). The molecule has 1 aromatic rings. The first-order valence-electron chi connectivity index (χ1n) is 6.46. The monoisotopic (exact) mass is 291 g/mol. The van der Waals surface area contributed by atoms with Gasteiger partial charge in [0.15, 0.2) is 5.17 Å². The largest absolute Gasteiger partial charge is 0.494 e. The van der Waals surface area contributed by atoms with Gasteiger partial charge in [-0.05, 0) is 42.7 Å². The highest BCUT2D eigenvalue weighted by Crippen LogP contribution is 2.16. The Bertz CT molecular complexity index is 555. The average Bonchev–Trinajstić information content (AvgIpc) is 2.84. The molecule has 5 nitrogen and oxygen atoms in total. The number of benzene rings is 1. The topological polar surface area (TPSA) is 63.1 Å². The molecule has 0 aliphatic carbocycles. The van der Waals surface area contributed by atoms with Crippen molar-refractivity contribution >= 4 is 29.1 Å². The van der Waals surface area contributed by atoms with E-state index in [0.717, 1.165) is 29.9 Å². The molecular weight excluding hydrogens is 274 g/mol. The number of amides is 1. The zero-order valence-electron chi connectivity index (χ0n) is 11.5. The van der Waals surface area contributed by atoms with Crippen molar-refractivity contribution in [3.63, 3.8) is 0 Å². The van der Waals surface area contributed by atoms with Gasteiger partial charge < -0.3 is 10.1 Å². The predicted octanol–water partition coefficient (Wildman–Crippen LogP) is 2.34. The molecule has 6 heteroatoms. The van der Waals surface area contributed by atoms with Crippen LogP contribution in [-0.4, -0.2) is 29.6 Å². The molecule has 1 heterocycles. The Morgan fingerprint density at radius 2 is 2.35 bits per heavy atom. The summed E-state index contributed by atoms with van der Waals surface area (Å²) in [6, 6.07) is 5.85. The Kier molecular flexibility index (Phi) is 5.17. The van der Waals surface area contributed by atoms with E-state index in [4.69, 9.17) is 4.74 Å². The van der Waals surface area contributed by atoms with Crippen LogP contribution in [0.3, 0.4) is 0 Å². The molecule has 1 fully saturated rings. The van der Waals surface area contributed by atoms with E-state index in [1.807, 2.05) is 25.1 Å². The Labute approximate surface area is 122 Å². The van der Waals surface area contributed by atoms with Gasteiger partial charge in [-0.3, -0.25) is 4.79 Å². The van der Waals surface area contributed by atoms with Gasteiger partial charge in [0.05, 0.1) is 18.6 Å². The zero-order valence-corrected chi connectivity index (χ0v) is 12.4. The van der Waals surface area contributed by atoms with Gasteiger partial charge in [0.25, 0.3) is 0 Å². The third-order valence-corrected chi connectivity index (χ3v) is 3.51. The summed E-state index contributed by atoms with van der Waals surface area (Å²) < 4.78 is 5.57. The fourth-order valence-electron chi connectivity index (χ4n) is 1.63. The van der Waals surface area contributed by atoms with E-state index in [9.17, 15) is 4.79 Å². The minimum Gasteiger partial charge on any atom is -0.494 e. The van der Waals surface area contributed by atoms with Crippen LogP contribution in [-0.2, 0) is 4.79 Å². The maximum atomic E-state index is 11.0. The number of aryl methyl sites for hydroxylation is 1. The number of carbonyl (C=O) groups excluding carboxylic acids is 1. The second kappa shape index (κ2) is 7.09. The van der Waals surface area contributed by atoms with Crippen LogP contribution in [0, 0.1) is 6.92 Å². The van der Waals surface area contributed by atoms with Crippen molar-refractivity contribution in [2.75, 3.05) is 12.4 Å². The van der Waals surface area contributed by atoms with E-state index >= 15 is 0 Å². The second-order valence-corrected chi connectivity index (χ2v) is 5.32. The summed E-state index contributed by atoms with van der Waals surface area (Å²) in [5, 5.41) is 11.1. The lowest BCUT2D eigenvalue weighted by atomic mass is 10.1. The van der Waals surface area contributed by atoms with Crippen molar-refractivity contribution in [2.45, 2.75) is 20.3 Å². The molecule has 106 valence electrons. The number of nitrogens with zero attached hydrogens (tertiary/aromatic N) is 2. The minimum atomic E-state index is -0.0300. The second-order valence-electron chi connectivity index (χ2n) is 4.35. The van der Waals surface area contributed by atoms with Gasteiger partial charge in [-0.2, -0.15) is 5.10 Å². The van der Waals surface area contributed by atoms with Crippen molar-refractivity contribution in [1.29, 1.82) is 0 Å². The van der Waals surface area contributed by atoms with Crippen LogP contribution in [0.25, 0.3) is 0 Å². The highest BCUT2D eigenvalue weighted by atomic mass is 32.2. The molecule has 0 unspecified atom stereocenters. The fourth-order valence-corrected chi connectivity index (χ4v) is 2.26. The van der Waals surface area contributed by atoms with E-state index in [0.29, 0.717) is 10.9 Å². The molecule has 0 bridgehead atoms. The number of amidine groups is 1. The summed E-state index contributed by atoms with van der Waals surface area (Å²) in [5.74, 6) is 1.25. The molecule has 0 atom stereocenters. The van der Waals surface area contributed by atoms with Crippen molar-refractivity contribution < 1.29 is 9.53 Å². The lowest BCUT2D eigenvalue weighted by Gasteiger charge is -2.06. The Balaban J connectivity index is 2.00. The standard InChI is InChI=1S/C14H17N3O2S/c1-3-6-19-12-5-4-11(10(2)7-12)8-15-17-14-16-13(18)9-20-14/h4-5,7-8H,3,6,9H2,1-2H3,(H,16,17,18). The number of thioether (sulfide) groups is 1. The molecule has 0 saturated carbocycles. The number of hydrogen-bond donors (Lipinski definition) is 1. The molecule has 1 saturated heterocycles. The summed E-state index contributed by atoms with van der Waals surface area (Å²) in [6.45, 7) is 4.80. The number of ether oxygens (including phenoxy) is 1. The third kappa shape index (κ3) is 4.09. The quantitative estimate of drug-likeness (QED) is 0.669. The summed E-state index contributed by atoms with van der Waals surface area (Å²) in [4.78, 5) is 11.0. The smallest absolute Gasteiger partial charge is 0.236 e. The number of hydrogen-bond acceptors (Lipinski definition) is 5. The van der Waals surface area contributed by atoms with E-state index in [-0.39, 0.29) is 5.91 Å². The lowest BCUT2D eigenvalue weighted by molar-refractivity contribution is -0.116. The first-order valence-corrected chi connectivity index (χ1v) is 7.44. The van der Waals surface area contributed by atoms with Gasteiger partial charge in [0.1, 0.15) is 5.75 Å². The minimum absolute atomic E-state index is 0.0300. The molecule has 0 aromatic heterocycles. The molecule has 1 N–H and O–H groups in total. The van der Waals surface area contributed by atoms with Gasteiger partial charge in [-0.15, -0.1) is 5.10 Å². The van der Waals surface area contributed by atoms with Gasteiger partial charge >= 0.3 is 0 Å². The summed E-state index contributed by atoms with van der Waals surface area (Å²) in [6.07, 6.45) is 2.67. The normalized spacial score (nSPS) is 16.9. The van der Waals surface area contributed by atoms with Crippen LogP contribution >= 0.6 is 11.8 Å². The molecule has 20 heavy (non-hydrogen) atoms. The van der Waals surface area contributed by atoms with Crippen LogP contribution in [0.4, 0.5) is 0 Å². The predicted molar refractivity (Wildman–Crippen MR) is 82.6 cm³/mol. The molecule has 0 radical (unpaired) electrons. The van der Waals surface area contributed by atoms with Crippen LogP contribution in [0.1, 0.15) is 24.5 Å².